The Morgan fingerprint density at radius 1 is 1.21 bits per heavy atom. The molecule has 0 saturated heterocycles. The Morgan fingerprint density at radius 2 is 1.89 bits per heavy atom. The van der Waals surface area contributed by atoms with Gasteiger partial charge >= 0.3 is 0 Å². The van der Waals surface area contributed by atoms with E-state index in [1.165, 1.54) is 19.3 Å². The first-order valence-electron chi connectivity index (χ1n) is 7.19. The van der Waals surface area contributed by atoms with Gasteiger partial charge in [-0.25, -0.2) is 8.78 Å². The van der Waals surface area contributed by atoms with Gasteiger partial charge in [-0.2, -0.15) is 0 Å². The average molecular weight is 267 g/mol. The summed E-state index contributed by atoms with van der Waals surface area (Å²) in [7, 11) is 0. The minimum Gasteiger partial charge on any atom is -0.308 e. The van der Waals surface area contributed by atoms with Gasteiger partial charge in [0, 0.05) is 23.7 Å². The number of hydrogen-bond donors (Lipinski definition) is 1. The molecule has 0 bridgehead atoms. The second-order valence-electron chi connectivity index (χ2n) is 6.03. The van der Waals surface area contributed by atoms with Crippen molar-refractivity contribution in [3.63, 3.8) is 0 Å². The van der Waals surface area contributed by atoms with Crippen LogP contribution in [0.5, 0.6) is 0 Å². The molecule has 2 rings (SSSR count). The van der Waals surface area contributed by atoms with E-state index >= 15 is 0 Å². The van der Waals surface area contributed by atoms with E-state index in [2.05, 4.69) is 19.2 Å². The van der Waals surface area contributed by atoms with Crippen molar-refractivity contribution in [3.05, 3.63) is 34.9 Å². The Hall–Kier alpha value is -0.960. The largest absolute Gasteiger partial charge is 0.308 e. The third-order valence-corrected chi connectivity index (χ3v) is 3.98. The summed E-state index contributed by atoms with van der Waals surface area (Å²) >= 11 is 0. The second-order valence-corrected chi connectivity index (χ2v) is 6.03. The zero-order valence-corrected chi connectivity index (χ0v) is 12.0. The summed E-state index contributed by atoms with van der Waals surface area (Å²) in [6.45, 7) is 5.80. The quantitative estimate of drug-likeness (QED) is 0.828. The molecule has 1 aromatic rings. The van der Waals surface area contributed by atoms with Gasteiger partial charge in [-0.1, -0.05) is 33.1 Å². The fourth-order valence-corrected chi connectivity index (χ4v) is 2.70. The summed E-state index contributed by atoms with van der Waals surface area (Å²) < 4.78 is 27.4. The lowest BCUT2D eigenvalue weighted by Crippen LogP contribution is -2.31. The summed E-state index contributed by atoms with van der Waals surface area (Å²) in [4.78, 5) is 0. The second kappa shape index (κ2) is 6.00. The van der Waals surface area contributed by atoms with Crippen LogP contribution in [-0.2, 0) is 0 Å². The summed E-state index contributed by atoms with van der Waals surface area (Å²) in [6.07, 6.45) is 4.69. The van der Waals surface area contributed by atoms with Crippen LogP contribution >= 0.6 is 0 Å². The number of aryl methyl sites for hydroxylation is 1. The van der Waals surface area contributed by atoms with Crippen LogP contribution in [0.4, 0.5) is 8.78 Å². The molecule has 1 aliphatic rings. The number of halogens is 2. The predicted octanol–water partition coefficient (Wildman–Crippen LogP) is 4.50. The van der Waals surface area contributed by atoms with Crippen molar-refractivity contribution in [2.75, 3.05) is 0 Å². The zero-order valence-electron chi connectivity index (χ0n) is 12.0. The topological polar surface area (TPSA) is 12.0 Å². The van der Waals surface area contributed by atoms with Crippen molar-refractivity contribution >= 4 is 0 Å². The fraction of sp³-hybridized carbons (Fsp3) is 0.625. The van der Waals surface area contributed by atoms with Crippen molar-refractivity contribution in [1.82, 2.24) is 5.32 Å². The van der Waals surface area contributed by atoms with Crippen LogP contribution in [0.1, 0.15) is 56.7 Å². The first-order chi connectivity index (χ1) is 8.97. The van der Waals surface area contributed by atoms with E-state index in [-0.39, 0.29) is 12.1 Å². The monoisotopic (exact) mass is 267 g/mol. The van der Waals surface area contributed by atoms with Crippen molar-refractivity contribution < 1.29 is 8.78 Å². The van der Waals surface area contributed by atoms with Crippen LogP contribution in [0.2, 0.25) is 0 Å². The van der Waals surface area contributed by atoms with Crippen molar-refractivity contribution in [3.8, 4) is 0 Å². The maximum absolute atomic E-state index is 14.0. The van der Waals surface area contributed by atoms with E-state index in [0.717, 1.165) is 12.5 Å². The normalized spacial score (nSPS) is 17.6. The molecule has 0 aliphatic heterocycles. The summed E-state index contributed by atoms with van der Waals surface area (Å²) in [6, 6.07) is 2.95. The average Bonchev–Trinajstić information content (AvgIpc) is 2.26. The van der Waals surface area contributed by atoms with Crippen LogP contribution in [0.3, 0.4) is 0 Å². The first kappa shape index (κ1) is 14.4. The molecule has 0 spiro atoms. The lowest BCUT2D eigenvalue weighted by molar-refractivity contribution is 0.253. The minimum absolute atomic E-state index is 0.00963. The van der Waals surface area contributed by atoms with Crippen molar-refractivity contribution in [1.29, 1.82) is 0 Å². The molecule has 3 heteroatoms. The van der Waals surface area contributed by atoms with Gasteiger partial charge in [0.05, 0.1) is 0 Å². The van der Waals surface area contributed by atoms with Gasteiger partial charge in [-0.15, -0.1) is 0 Å². The Balaban J connectivity index is 2.22. The molecule has 1 aliphatic carbocycles. The highest BCUT2D eigenvalue weighted by Crippen LogP contribution is 2.36. The number of nitrogens with one attached hydrogen (secondary N) is 1. The van der Waals surface area contributed by atoms with Crippen LogP contribution in [0.25, 0.3) is 0 Å². The minimum atomic E-state index is -0.465. The van der Waals surface area contributed by atoms with Crippen LogP contribution < -0.4 is 5.32 Å². The van der Waals surface area contributed by atoms with Gasteiger partial charge in [0.25, 0.3) is 0 Å². The maximum atomic E-state index is 14.0. The molecule has 1 atom stereocenters. The molecule has 106 valence electrons. The molecule has 0 radical (unpaired) electrons. The third kappa shape index (κ3) is 3.53. The summed E-state index contributed by atoms with van der Waals surface area (Å²) in [5, 5.41) is 3.42. The Labute approximate surface area is 114 Å². The van der Waals surface area contributed by atoms with E-state index < -0.39 is 11.6 Å². The Kier molecular flexibility index (Phi) is 4.56. The molecule has 1 aromatic carbocycles. The van der Waals surface area contributed by atoms with Crippen molar-refractivity contribution in [2.45, 2.75) is 58.5 Å². The molecule has 1 unspecified atom stereocenters. The molecular weight excluding hydrogens is 244 g/mol. The summed E-state index contributed by atoms with van der Waals surface area (Å²) in [5.41, 5.74) is 1.13. The van der Waals surface area contributed by atoms with E-state index in [0.29, 0.717) is 17.0 Å². The third-order valence-electron chi connectivity index (χ3n) is 3.98. The van der Waals surface area contributed by atoms with Crippen LogP contribution in [0, 0.1) is 24.5 Å². The van der Waals surface area contributed by atoms with Gasteiger partial charge in [0.15, 0.2) is 0 Å². The van der Waals surface area contributed by atoms with Gasteiger partial charge in [0.2, 0.25) is 0 Å². The van der Waals surface area contributed by atoms with Gasteiger partial charge in [0.1, 0.15) is 11.6 Å². The lowest BCUT2D eigenvalue weighted by atomic mass is 9.79. The predicted molar refractivity (Wildman–Crippen MR) is 74.1 cm³/mol. The Bertz CT molecular complexity index is 439. The molecule has 19 heavy (non-hydrogen) atoms. The number of rotatable bonds is 5. The standard InChI is InChI=1S/C16H23F2N/c1-10(2)19-16(8-12-5-4-6-12)13-7-11(3)14(17)9-15(13)18/h7,9-10,12,16,19H,4-6,8H2,1-3H3. The highest BCUT2D eigenvalue weighted by atomic mass is 19.1. The highest BCUT2D eigenvalue weighted by molar-refractivity contribution is 5.28. The van der Waals surface area contributed by atoms with E-state index in [1.54, 1.807) is 13.0 Å². The maximum Gasteiger partial charge on any atom is 0.130 e. The SMILES string of the molecule is Cc1cc(C(CC2CCC2)NC(C)C)c(F)cc1F. The molecule has 1 N–H and O–H groups in total. The fourth-order valence-electron chi connectivity index (χ4n) is 2.70. The van der Waals surface area contributed by atoms with E-state index in [1.807, 2.05) is 0 Å². The van der Waals surface area contributed by atoms with E-state index in [9.17, 15) is 8.78 Å². The number of hydrogen-bond acceptors (Lipinski definition) is 1. The van der Waals surface area contributed by atoms with Crippen molar-refractivity contribution in [2.24, 2.45) is 5.92 Å². The first-order valence-corrected chi connectivity index (χ1v) is 7.19. The molecule has 1 fully saturated rings. The molecular formula is C16H23F2N. The molecule has 0 heterocycles. The van der Waals surface area contributed by atoms with Gasteiger partial charge in [-0.05, 0) is 30.9 Å². The Morgan fingerprint density at radius 3 is 2.42 bits per heavy atom. The number of benzene rings is 1. The van der Waals surface area contributed by atoms with E-state index in [4.69, 9.17) is 0 Å². The molecule has 0 amide bonds. The molecule has 0 aromatic heterocycles. The smallest absolute Gasteiger partial charge is 0.130 e. The molecule has 1 nitrogen and oxygen atoms in total. The molecule has 1 saturated carbocycles. The highest BCUT2D eigenvalue weighted by Gasteiger charge is 2.25. The van der Waals surface area contributed by atoms with Gasteiger partial charge < -0.3 is 5.32 Å². The summed E-state index contributed by atoms with van der Waals surface area (Å²) in [5.74, 6) is -0.213. The van der Waals surface area contributed by atoms with Gasteiger partial charge in [-0.3, -0.25) is 0 Å². The van der Waals surface area contributed by atoms with Crippen LogP contribution in [-0.4, -0.2) is 6.04 Å². The zero-order chi connectivity index (χ0) is 14.0. The van der Waals surface area contributed by atoms with Crippen LogP contribution in [0.15, 0.2) is 12.1 Å². The lowest BCUT2D eigenvalue weighted by Gasteiger charge is -2.31.